The fourth-order valence-corrected chi connectivity index (χ4v) is 3.25. The zero-order valence-electron chi connectivity index (χ0n) is 15.7. The zero-order chi connectivity index (χ0) is 20.9. The van der Waals surface area contributed by atoms with E-state index in [-0.39, 0.29) is 6.61 Å². The molecule has 156 valence electrons. The highest BCUT2D eigenvalue weighted by atomic mass is 31.2. The topological polar surface area (TPSA) is 155 Å². The maximum Gasteiger partial charge on any atom is 0.472 e. The van der Waals surface area contributed by atoms with Gasteiger partial charge in [0.1, 0.15) is 12.7 Å². The first-order chi connectivity index (χ1) is 12.3. The van der Waals surface area contributed by atoms with E-state index in [1.807, 2.05) is 0 Å². The molecule has 0 spiro atoms. The molecular formula is C15H25O11P. The molecule has 1 rings (SSSR count). The molecule has 2 N–H and O–H groups in total. The Balaban J connectivity index is 3.13. The lowest BCUT2D eigenvalue weighted by atomic mass is 9.81. The molecule has 0 amide bonds. The third-order valence-corrected chi connectivity index (χ3v) is 4.59. The van der Waals surface area contributed by atoms with Crippen LogP contribution in [0.1, 0.15) is 34.6 Å². The first-order valence-electron chi connectivity index (χ1n) is 8.19. The lowest BCUT2D eigenvalue weighted by Crippen LogP contribution is -2.56. The van der Waals surface area contributed by atoms with Crippen LogP contribution in [0.25, 0.3) is 0 Å². The van der Waals surface area contributed by atoms with Crippen LogP contribution in [0.4, 0.5) is 0 Å². The molecule has 2 unspecified atom stereocenters. The largest absolute Gasteiger partial charge is 0.472 e. The molecule has 0 aromatic rings. The number of carbonyl (C=O) groups is 3. The van der Waals surface area contributed by atoms with Gasteiger partial charge in [0, 0.05) is 26.7 Å². The standard InChI is InChI=1S/C15H25O11P/c1-7-8(2)14(24-11(5)18)15(26-27(19,20)21)25-13(7)12(23-10(4)17)6-22-9(3)16/h7-8,12-15H,6H2,1-5H3,(H2,19,20,21)/t7-,8-,12-,13?,14?,15-/m0/s1. The minimum atomic E-state index is -4.99. The molecule has 0 aliphatic carbocycles. The molecule has 1 saturated heterocycles. The summed E-state index contributed by atoms with van der Waals surface area (Å²) in [5.41, 5.74) is 0. The summed E-state index contributed by atoms with van der Waals surface area (Å²) in [7, 11) is -4.99. The quantitative estimate of drug-likeness (QED) is 0.341. The minimum Gasteiger partial charge on any atom is -0.462 e. The van der Waals surface area contributed by atoms with Gasteiger partial charge in [0.2, 0.25) is 6.29 Å². The van der Waals surface area contributed by atoms with E-state index in [9.17, 15) is 18.9 Å². The van der Waals surface area contributed by atoms with Crippen molar-refractivity contribution in [1.29, 1.82) is 0 Å². The highest BCUT2D eigenvalue weighted by Crippen LogP contribution is 2.44. The molecule has 0 aromatic heterocycles. The van der Waals surface area contributed by atoms with Crippen LogP contribution in [0.2, 0.25) is 0 Å². The van der Waals surface area contributed by atoms with Gasteiger partial charge < -0.3 is 28.7 Å². The van der Waals surface area contributed by atoms with Crippen LogP contribution >= 0.6 is 7.82 Å². The first-order valence-corrected chi connectivity index (χ1v) is 9.72. The summed E-state index contributed by atoms with van der Waals surface area (Å²) in [6.45, 7) is 6.53. The molecular weight excluding hydrogens is 387 g/mol. The smallest absolute Gasteiger partial charge is 0.462 e. The maximum absolute atomic E-state index is 11.4. The van der Waals surface area contributed by atoms with Crippen molar-refractivity contribution >= 4 is 25.7 Å². The van der Waals surface area contributed by atoms with Crippen LogP contribution < -0.4 is 0 Å². The van der Waals surface area contributed by atoms with Gasteiger partial charge in [0.05, 0.1) is 0 Å². The van der Waals surface area contributed by atoms with Gasteiger partial charge in [0.15, 0.2) is 12.2 Å². The van der Waals surface area contributed by atoms with E-state index in [0.29, 0.717) is 0 Å². The normalized spacial score (nSPS) is 29.5. The van der Waals surface area contributed by atoms with Crippen LogP contribution in [0.3, 0.4) is 0 Å². The van der Waals surface area contributed by atoms with Crippen molar-refractivity contribution in [2.45, 2.75) is 59.2 Å². The Bertz CT molecular complexity index is 601. The van der Waals surface area contributed by atoms with Crippen molar-refractivity contribution < 1.29 is 52.2 Å². The Labute approximate surface area is 156 Å². The van der Waals surface area contributed by atoms with Crippen LogP contribution in [-0.4, -0.2) is 58.9 Å². The number of esters is 3. The monoisotopic (exact) mass is 412 g/mol. The fourth-order valence-electron chi connectivity index (χ4n) is 2.81. The summed E-state index contributed by atoms with van der Waals surface area (Å²) in [6, 6.07) is 0. The van der Waals surface area contributed by atoms with Crippen LogP contribution in [-0.2, 0) is 42.4 Å². The van der Waals surface area contributed by atoms with E-state index >= 15 is 0 Å². The number of hydrogen-bond acceptors (Lipinski definition) is 9. The van der Waals surface area contributed by atoms with Crippen molar-refractivity contribution in [1.82, 2.24) is 0 Å². The molecule has 0 bridgehead atoms. The van der Waals surface area contributed by atoms with E-state index in [0.717, 1.165) is 13.8 Å². The number of carbonyl (C=O) groups excluding carboxylic acids is 3. The van der Waals surface area contributed by atoms with Crippen molar-refractivity contribution in [3.05, 3.63) is 0 Å². The van der Waals surface area contributed by atoms with Crippen molar-refractivity contribution in [2.75, 3.05) is 6.61 Å². The Kier molecular flexibility index (Phi) is 8.37. The Morgan fingerprint density at radius 3 is 2.07 bits per heavy atom. The maximum atomic E-state index is 11.4. The van der Waals surface area contributed by atoms with Gasteiger partial charge in [-0.3, -0.25) is 18.9 Å². The van der Waals surface area contributed by atoms with Gasteiger partial charge >= 0.3 is 25.7 Å². The summed E-state index contributed by atoms with van der Waals surface area (Å²) >= 11 is 0. The molecule has 1 fully saturated rings. The van der Waals surface area contributed by atoms with Crippen LogP contribution in [0.15, 0.2) is 0 Å². The second-order valence-corrected chi connectivity index (χ2v) is 7.50. The third kappa shape index (κ3) is 7.55. The number of phosphoric acid groups is 1. The molecule has 11 nitrogen and oxygen atoms in total. The summed E-state index contributed by atoms with van der Waals surface area (Å²) in [4.78, 5) is 52.1. The van der Waals surface area contributed by atoms with Gasteiger partial charge in [-0.25, -0.2) is 4.57 Å². The van der Waals surface area contributed by atoms with Gasteiger partial charge in [-0.2, -0.15) is 0 Å². The lowest BCUT2D eigenvalue weighted by Gasteiger charge is -2.45. The second-order valence-electron chi connectivity index (χ2n) is 6.31. The van der Waals surface area contributed by atoms with E-state index in [2.05, 4.69) is 4.52 Å². The molecule has 1 aliphatic heterocycles. The van der Waals surface area contributed by atoms with Crippen molar-refractivity contribution in [3.63, 3.8) is 0 Å². The third-order valence-electron chi connectivity index (χ3n) is 4.10. The molecule has 1 aliphatic rings. The van der Waals surface area contributed by atoms with Gasteiger partial charge in [-0.05, 0) is 5.92 Å². The van der Waals surface area contributed by atoms with E-state index in [1.54, 1.807) is 13.8 Å². The van der Waals surface area contributed by atoms with Crippen molar-refractivity contribution in [2.24, 2.45) is 11.8 Å². The van der Waals surface area contributed by atoms with Crippen LogP contribution in [0, 0.1) is 11.8 Å². The van der Waals surface area contributed by atoms with Crippen molar-refractivity contribution in [3.8, 4) is 0 Å². The summed E-state index contributed by atoms with van der Waals surface area (Å²) in [6.07, 6.45) is -4.70. The number of hydrogen-bond donors (Lipinski definition) is 2. The highest BCUT2D eigenvalue weighted by Gasteiger charge is 2.49. The molecule has 0 saturated carbocycles. The molecule has 6 atom stereocenters. The highest BCUT2D eigenvalue weighted by molar-refractivity contribution is 7.46. The lowest BCUT2D eigenvalue weighted by molar-refractivity contribution is -0.271. The van der Waals surface area contributed by atoms with E-state index in [4.69, 9.17) is 28.7 Å². The van der Waals surface area contributed by atoms with Crippen LogP contribution in [0.5, 0.6) is 0 Å². The average molecular weight is 412 g/mol. The number of phosphoric ester groups is 1. The predicted molar refractivity (Wildman–Crippen MR) is 87.9 cm³/mol. The molecule has 27 heavy (non-hydrogen) atoms. The Morgan fingerprint density at radius 2 is 1.63 bits per heavy atom. The first kappa shape index (κ1) is 23.5. The Morgan fingerprint density at radius 1 is 1.04 bits per heavy atom. The number of rotatable bonds is 7. The molecule has 0 radical (unpaired) electrons. The van der Waals surface area contributed by atoms with Gasteiger partial charge in [0.25, 0.3) is 0 Å². The minimum absolute atomic E-state index is 0.322. The summed E-state index contributed by atoms with van der Waals surface area (Å²) in [5.74, 6) is -2.85. The molecule has 1 heterocycles. The van der Waals surface area contributed by atoms with E-state index < -0.39 is 62.2 Å². The number of ether oxygens (including phenoxy) is 4. The van der Waals surface area contributed by atoms with Gasteiger partial charge in [-0.1, -0.05) is 13.8 Å². The fraction of sp³-hybridized carbons (Fsp3) is 0.800. The second kappa shape index (κ2) is 9.61. The SMILES string of the molecule is CC(=O)OC[C@H](OC(C)=O)C1O[C@@H](OP(=O)(O)O)C(OC(C)=O)[C@@H](C)[C@@H]1C. The zero-order valence-corrected chi connectivity index (χ0v) is 16.6. The Hall–Kier alpha value is -1.52. The molecule has 12 heteroatoms. The van der Waals surface area contributed by atoms with E-state index in [1.165, 1.54) is 6.92 Å². The predicted octanol–water partition coefficient (Wildman–Crippen LogP) is 0.519. The average Bonchev–Trinajstić information content (AvgIpc) is 2.49. The summed E-state index contributed by atoms with van der Waals surface area (Å²) < 4.78 is 36.7. The van der Waals surface area contributed by atoms with Gasteiger partial charge in [-0.15, -0.1) is 0 Å². The molecule has 0 aromatic carbocycles. The summed E-state index contributed by atoms with van der Waals surface area (Å²) in [5, 5.41) is 0.